The Labute approximate surface area is 167 Å². The minimum atomic E-state index is -4.62. The summed E-state index contributed by atoms with van der Waals surface area (Å²) in [6.07, 6.45) is 0.828. The minimum Gasteiger partial charge on any atom is -0.480 e. The molecule has 29 heavy (non-hydrogen) atoms. The summed E-state index contributed by atoms with van der Waals surface area (Å²) in [6, 6.07) is 6.77. The van der Waals surface area contributed by atoms with Gasteiger partial charge in [-0.3, -0.25) is 24.5 Å². The number of fused-ring (bicyclic) bond motifs is 1. The molecule has 2 fully saturated rings. The zero-order valence-electron chi connectivity index (χ0n) is 15.7. The number of nitrogens with zero attached hydrogens (tertiary/aromatic N) is 2. The van der Waals surface area contributed by atoms with Gasteiger partial charge in [0.05, 0.1) is 12.5 Å². The molecule has 2 heterocycles. The van der Waals surface area contributed by atoms with Gasteiger partial charge in [0.25, 0.3) is 5.91 Å². The maximum atomic E-state index is 12.9. The molecule has 3 rings (SSSR count). The van der Waals surface area contributed by atoms with Crippen LogP contribution in [0.5, 0.6) is 0 Å². The van der Waals surface area contributed by atoms with E-state index in [1.165, 1.54) is 0 Å². The van der Waals surface area contributed by atoms with Crippen LogP contribution < -0.4 is 5.32 Å². The van der Waals surface area contributed by atoms with Crippen molar-refractivity contribution in [3.63, 3.8) is 0 Å². The highest BCUT2D eigenvalue weighted by molar-refractivity contribution is 7.52. The first-order valence-corrected chi connectivity index (χ1v) is 11.1. The Morgan fingerprint density at radius 3 is 2.55 bits per heavy atom. The number of hydrogen-bond acceptors (Lipinski definition) is 5. The highest BCUT2D eigenvalue weighted by Crippen LogP contribution is 2.42. The number of carboxylic acids is 1. The average Bonchev–Trinajstić information content (AvgIpc) is 2.68. The van der Waals surface area contributed by atoms with E-state index in [9.17, 15) is 33.8 Å². The largest absolute Gasteiger partial charge is 0.480 e. The van der Waals surface area contributed by atoms with Crippen LogP contribution in [0.4, 0.5) is 0 Å². The van der Waals surface area contributed by atoms with Crippen molar-refractivity contribution < 1.29 is 33.8 Å². The van der Waals surface area contributed by atoms with Crippen molar-refractivity contribution >= 4 is 25.4 Å². The molecule has 0 aliphatic carbocycles. The molecular formula is C18H24N3O7P. The van der Waals surface area contributed by atoms with Gasteiger partial charge < -0.3 is 14.9 Å². The number of carbonyl (C=O) groups excluding carboxylic acids is 2. The molecule has 0 saturated carbocycles. The Morgan fingerprint density at radius 2 is 1.93 bits per heavy atom. The topological polar surface area (TPSA) is 147 Å². The average molecular weight is 425 g/mol. The molecule has 4 N–H and O–H groups in total. The molecule has 0 spiro atoms. The van der Waals surface area contributed by atoms with E-state index in [1.54, 1.807) is 0 Å². The van der Waals surface area contributed by atoms with Gasteiger partial charge in [0.15, 0.2) is 6.04 Å². The van der Waals surface area contributed by atoms with Crippen LogP contribution in [-0.4, -0.2) is 67.1 Å². The smallest absolute Gasteiger partial charge is 0.342 e. The SMILES string of the molecule is O=C(O)C1CCCN2C(=O)CC(NC(CCc3ccccc3)P(=O)(O)O)C(=O)N12. The van der Waals surface area contributed by atoms with E-state index in [0.717, 1.165) is 15.6 Å². The lowest BCUT2D eigenvalue weighted by molar-refractivity contribution is -0.190. The molecule has 1 aromatic carbocycles. The van der Waals surface area contributed by atoms with Gasteiger partial charge in [-0.05, 0) is 31.2 Å². The second-order valence-corrected chi connectivity index (χ2v) is 9.05. The normalized spacial score (nSPS) is 23.7. The summed E-state index contributed by atoms with van der Waals surface area (Å²) in [7, 11) is -4.62. The Morgan fingerprint density at radius 1 is 1.24 bits per heavy atom. The van der Waals surface area contributed by atoms with E-state index in [4.69, 9.17) is 0 Å². The highest BCUT2D eigenvalue weighted by Gasteiger charge is 2.47. The third-order valence-corrected chi connectivity index (χ3v) is 6.45. The van der Waals surface area contributed by atoms with Crippen molar-refractivity contribution in [2.24, 2.45) is 0 Å². The van der Waals surface area contributed by atoms with Gasteiger partial charge in [0.1, 0.15) is 5.78 Å². The number of hydrogen-bond donors (Lipinski definition) is 4. The minimum absolute atomic E-state index is 0.0539. The second kappa shape index (κ2) is 8.62. The molecule has 2 saturated heterocycles. The molecule has 1 aromatic rings. The fraction of sp³-hybridized carbons (Fsp3) is 0.500. The van der Waals surface area contributed by atoms with Gasteiger partial charge in [0, 0.05) is 6.54 Å². The van der Waals surface area contributed by atoms with Crippen molar-refractivity contribution in [2.75, 3.05) is 6.54 Å². The van der Waals surface area contributed by atoms with Crippen LogP contribution in [0.15, 0.2) is 30.3 Å². The Bertz CT molecular complexity index is 822. The molecule has 10 nitrogen and oxygen atoms in total. The summed E-state index contributed by atoms with van der Waals surface area (Å²) in [5.74, 6) is -3.65. The van der Waals surface area contributed by atoms with Gasteiger partial charge in [-0.1, -0.05) is 30.3 Å². The first-order valence-electron chi connectivity index (χ1n) is 9.40. The lowest BCUT2D eigenvalue weighted by Crippen LogP contribution is -2.68. The fourth-order valence-electron chi connectivity index (χ4n) is 3.76. The van der Waals surface area contributed by atoms with E-state index < -0.39 is 43.2 Å². The van der Waals surface area contributed by atoms with Gasteiger partial charge >= 0.3 is 13.6 Å². The zero-order valence-corrected chi connectivity index (χ0v) is 16.6. The monoisotopic (exact) mass is 425 g/mol. The summed E-state index contributed by atoms with van der Waals surface area (Å²) in [5, 5.41) is 14.1. The number of amides is 2. The predicted octanol–water partition coefficient (Wildman–Crippen LogP) is 0.304. The third kappa shape index (κ3) is 4.84. The molecule has 158 valence electrons. The number of hydrazine groups is 1. The van der Waals surface area contributed by atoms with Gasteiger partial charge in [-0.2, -0.15) is 0 Å². The maximum absolute atomic E-state index is 12.9. The molecule has 3 atom stereocenters. The number of aliphatic carboxylic acids is 1. The van der Waals surface area contributed by atoms with E-state index in [2.05, 4.69) is 5.32 Å². The number of aryl methyl sites for hydroxylation is 1. The molecule has 0 bridgehead atoms. The van der Waals surface area contributed by atoms with Gasteiger partial charge in [-0.15, -0.1) is 0 Å². The molecule has 2 amide bonds. The van der Waals surface area contributed by atoms with Crippen molar-refractivity contribution in [3.8, 4) is 0 Å². The summed E-state index contributed by atoms with van der Waals surface area (Å²) in [5.41, 5.74) is 0.881. The fourth-order valence-corrected chi connectivity index (χ4v) is 4.60. The van der Waals surface area contributed by atoms with Crippen molar-refractivity contribution in [1.29, 1.82) is 0 Å². The van der Waals surface area contributed by atoms with Crippen LogP contribution in [0.3, 0.4) is 0 Å². The van der Waals surface area contributed by atoms with E-state index in [1.807, 2.05) is 30.3 Å². The first kappa shape index (κ1) is 21.4. The second-order valence-electron chi connectivity index (χ2n) is 7.25. The standard InChI is InChI=1S/C18H24N3O7P/c22-16-11-13(17(23)21-14(18(24)25)7-4-10-20(16)21)19-15(29(26,27)28)9-8-12-5-2-1-3-6-12/h1-3,5-6,13-15,19H,4,7-11H2,(H,24,25)(H2,26,27,28). The predicted molar refractivity (Wildman–Crippen MR) is 101 cm³/mol. The quantitative estimate of drug-likeness (QED) is 0.456. The maximum Gasteiger partial charge on any atom is 0.342 e. The van der Waals surface area contributed by atoms with Gasteiger partial charge in [-0.25, -0.2) is 9.80 Å². The van der Waals surface area contributed by atoms with Crippen LogP contribution in [-0.2, 0) is 25.4 Å². The van der Waals surface area contributed by atoms with E-state index in [0.29, 0.717) is 12.8 Å². The molecule has 11 heteroatoms. The zero-order chi connectivity index (χ0) is 21.2. The Balaban J connectivity index is 1.76. The third-order valence-electron chi connectivity index (χ3n) is 5.23. The van der Waals surface area contributed by atoms with Crippen molar-refractivity contribution in [1.82, 2.24) is 15.3 Å². The number of nitrogens with one attached hydrogen (secondary N) is 1. The van der Waals surface area contributed by atoms with E-state index >= 15 is 0 Å². The lowest BCUT2D eigenvalue weighted by atomic mass is 10.0. The van der Waals surface area contributed by atoms with Crippen molar-refractivity contribution in [2.45, 2.75) is 50.0 Å². The van der Waals surface area contributed by atoms with Crippen LogP contribution >= 0.6 is 7.60 Å². The Hall–Kier alpha value is -2.26. The summed E-state index contributed by atoms with van der Waals surface area (Å²) in [6.45, 7) is 0.247. The molecule has 2 aliphatic rings. The summed E-state index contributed by atoms with van der Waals surface area (Å²) < 4.78 is 12.0. The summed E-state index contributed by atoms with van der Waals surface area (Å²) in [4.78, 5) is 56.4. The molecule has 0 radical (unpaired) electrons. The van der Waals surface area contributed by atoms with Crippen LogP contribution in [0, 0.1) is 0 Å². The molecule has 2 aliphatic heterocycles. The van der Waals surface area contributed by atoms with Gasteiger partial charge in [0.2, 0.25) is 5.91 Å². The summed E-state index contributed by atoms with van der Waals surface area (Å²) >= 11 is 0. The van der Waals surface area contributed by atoms with Crippen molar-refractivity contribution in [3.05, 3.63) is 35.9 Å². The van der Waals surface area contributed by atoms with Crippen LogP contribution in [0.2, 0.25) is 0 Å². The Kier molecular flexibility index (Phi) is 6.38. The number of carboxylic acid groups (broad SMARTS) is 1. The molecular weight excluding hydrogens is 401 g/mol. The lowest BCUT2D eigenvalue weighted by Gasteiger charge is -2.47. The molecule has 0 aromatic heterocycles. The highest BCUT2D eigenvalue weighted by atomic mass is 31.2. The molecule has 3 unspecified atom stereocenters. The van der Waals surface area contributed by atoms with E-state index in [-0.39, 0.29) is 25.8 Å². The number of carbonyl (C=O) groups is 3. The number of benzene rings is 1. The van der Waals surface area contributed by atoms with Crippen LogP contribution in [0.25, 0.3) is 0 Å². The van der Waals surface area contributed by atoms with Crippen LogP contribution in [0.1, 0.15) is 31.2 Å². The first-order chi connectivity index (χ1) is 13.7. The number of rotatable bonds is 7.